The zero-order valence-electron chi connectivity index (χ0n) is 21.1. The van der Waals surface area contributed by atoms with Gasteiger partial charge in [-0.1, -0.05) is 30.3 Å². The number of para-hydroxylation sites is 2. The molecule has 38 heavy (non-hydrogen) atoms. The van der Waals surface area contributed by atoms with Gasteiger partial charge in [0.2, 0.25) is 5.88 Å². The van der Waals surface area contributed by atoms with E-state index < -0.39 is 0 Å². The molecule has 0 aliphatic carbocycles. The van der Waals surface area contributed by atoms with Gasteiger partial charge < -0.3 is 26.0 Å². The van der Waals surface area contributed by atoms with Crippen LogP contribution >= 0.6 is 0 Å². The van der Waals surface area contributed by atoms with Crippen molar-refractivity contribution in [2.24, 2.45) is 0 Å². The Hall–Kier alpha value is -4.69. The molecule has 8 heteroatoms. The molecule has 1 aliphatic heterocycles. The largest absolute Gasteiger partial charge is 0.437 e. The second-order valence-corrected chi connectivity index (χ2v) is 9.33. The van der Waals surface area contributed by atoms with E-state index in [0.29, 0.717) is 28.4 Å². The summed E-state index contributed by atoms with van der Waals surface area (Å²) in [5, 5.41) is 5.87. The number of pyridine rings is 1. The van der Waals surface area contributed by atoms with Crippen molar-refractivity contribution in [2.75, 3.05) is 24.6 Å². The Morgan fingerprint density at radius 2 is 1.82 bits per heavy atom. The third kappa shape index (κ3) is 5.99. The van der Waals surface area contributed by atoms with Crippen molar-refractivity contribution in [2.45, 2.75) is 19.5 Å². The zero-order valence-corrected chi connectivity index (χ0v) is 21.1. The predicted molar refractivity (Wildman–Crippen MR) is 147 cm³/mol. The lowest BCUT2D eigenvalue weighted by Gasteiger charge is -2.25. The number of amides is 2. The SMILES string of the molecule is CN1CCc2ccc(NC(=O)c3cccc(CNC(=O)c4ccc(Oc5ccccc5N)nc4)c3)cc2C1. The van der Waals surface area contributed by atoms with Crippen LogP contribution in [0.25, 0.3) is 0 Å². The van der Waals surface area contributed by atoms with E-state index in [1.54, 1.807) is 42.5 Å². The van der Waals surface area contributed by atoms with Gasteiger partial charge in [0, 0.05) is 43.1 Å². The van der Waals surface area contributed by atoms with Gasteiger partial charge in [0.1, 0.15) is 0 Å². The molecule has 0 unspecified atom stereocenters. The number of nitrogens with zero attached hydrogens (tertiary/aromatic N) is 2. The number of carbonyl (C=O) groups excluding carboxylic acids is 2. The van der Waals surface area contributed by atoms with E-state index in [4.69, 9.17) is 10.5 Å². The number of hydrogen-bond acceptors (Lipinski definition) is 6. The number of nitrogens with two attached hydrogens (primary N) is 1. The summed E-state index contributed by atoms with van der Waals surface area (Å²) in [6, 6.07) is 23.7. The smallest absolute Gasteiger partial charge is 0.255 e. The van der Waals surface area contributed by atoms with Gasteiger partial charge in [0.15, 0.2) is 5.75 Å². The zero-order chi connectivity index (χ0) is 26.5. The highest BCUT2D eigenvalue weighted by Crippen LogP contribution is 2.25. The molecule has 192 valence electrons. The van der Waals surface area contributed by atoms with E-state index in [1.165, 1.54) is 17.3 Å². The number of nitrogens with one attached hydrogen (secondary N) is 2. The van der Waals surface area contributed by atoms with E-state index in [-0.39, 0.29) is 18.4 Å². The summed E-state index contributed by atoms with van der Waals surface area (Å²) < 4.78 is 5.68. The highest BCUT2D eigenvalue weighted by Gasteiger charge is 2.15. The van der Waals surface area contributed by atoms with Gasteiger partial charge in [-0.2, -0.15) is 0 Å². The number of aromatic nitrogens is 1. The van der Waals surface area contributed by atoms with Crippen LogP contribution in [-0.2, 0) is 19.5 Å². The summed E-state index contributed by atoms with van der Waals surface area (Å²) in [4.78, 5) is 32.0. The number of rotatable bonds is 7. The number of carbonyl (C=O) groups is 2. The average Bonchev–Trinajstić information content (AvgIpc) is 2.93. The molecule has 0 saturated heterocycles. The Labute approximate surface area is 221 Å². The van der Waals surface area contributed by atoms with Crippen LogP contribution in [0.5, 0.6) is 11.6 Å². The van der Waals surface area contributed by atoms with E-state index >= 15 is 0 Å². The molecule has 0 bridgehead atoms. The molecular formula is C30H29N5O3. The molecule has 2 amide bonds. The third-order valence-electron chi connectivity index (χ3n) is 6.44. The van der Waals surface area contributed by atoms with Crippen molar-refractivity contribution < 1.29 is 14.3 Å². The first-order valence-corrected chi connectivity index (χ1v) is 12.4. The Balaban J connectivity index is 1.17. The number of fused-ring (bicyclic) bond motifs is 1. The summed E-state index contributed by atoms with van der Waals surface area (Å²) in [5.74, 6) is 0.364. The minimum Gasteiger partial charge on any atom is -0.437 e. The summed E-state index contributed by atoms with van der Waals surface area (Å²) in [6.45, 7) is 2.19. The highest BCUT2D eigenvalue weighted by molar-refractivity contribution is 6.04. The maximum Gasteiger partial charge on any atom is 0.255 e. The molecule has 0 saturated carbocycles. The van der Waals surface area contributed by atoms with E-state index in [2.05, 4.69) is 33.6 Å². The van der Waals surface area contributed by atoms with Crippen molar-refractivity contribution in [1.82, 2.24) is 15.2 Å². The second-order valence-electron chi connectivity index (χ2n) is 9.33. The third-order valence-corrected chi connectivity index (χ3v) is 6.44. The molecular weight excluding hydrogens is 478 g/mol. The summed E-state index contributed by atoms with van der Waals surface area (Å²) in [5.41, 5.74) is 11.5. The van der Waals surface area contributed by atoms with Gasteiger partial charge in [0.25, 0.3) is 11.8 Å². The first-order chi connectivity index (χ1) is 18.4. The summed E-state index contributed by atoms with van der Waals surface area (Å²) in [7, 11) is 2.10. The van der Waals surface area contributed by atoms with Crippen molar-refractivity contribution in [3.8, 4) is 11.6 Å². The highest BCUT2D eigenvalue weighted by atomic mass is 16.5. The van der Waals surface area contributed by atoms with E-state index in [9.17, 15) is 9.59 Å². The first kappa shape index (κ1) is 25.0. The van der Waals surface area contributed by atoms with Gasteiger partial charge in [-0.3, -0.25) is 9.59 Å². The summed E-state index contributed by atoms with van der Waals surface area (Å²) >= 11 is 0. The van der Waals surface area contributed by atoms with Crippen LogP contribution in [-0.4, -0.2) is 35.3 Å². The van der Waals surface area contributed by atoms with Crippen LogP contribution in [0.1, 0.15) is 37.4 Å². The van der Waals surface area contributed by atoms with Gasteiger partial charge in [-0.05, 0) is 72.6 Å². The second kappa shape index (κ2) is 11.1. The van der Waals surface area contributed by atoms with Crippen molar-refractivity contribution in [1.29, 1.82) is 0 Å². The minimum atomic E-state index is -0.280. The van der Waals surface area contributed by atoms with Crippen LogP contribution in [0.3, 0.4) is 0 Å². The Morgan fingerprint density at radius 1 is 0.947 bits per heavy atom. The van der Waals surface area contributed by atoms with Crippen LogP contribution in [0.15, 0.2) is 85.1 Å². The van der Waals surface area contributed by atoms with Gasteiger partial charge >= 0.3 is 0 Å². The Morgan fingerprint density at radius 3 is 2.63 bits per heavy atom. The number of ether oxygens (including phenoxy) is 1. The quantitative estimate of drug-likeness (QED) is 0.315. The maximum absolute atomic E-state index is 12.9. The number of likely N-dealkylation sites (N-methyl/N-ethyl adjacent to an activating group) is 1. The van der Waals surface area contributed by atoms with Crippen molar-refractivity contribution in [3.05, 3.63) is 113 Å². The molecule has 4 aromatic rings. The predicted octanol–water partition coefficient (Wildman–Crippen LogP) is 4.63. The molecule has 1 aromatic heterocycles. The Bertz CT molecular complexity index is 1470. The lowest BCUT2D eigenvalue weighted by Crippen LogP contribution is -2.26. The fourth-order valence-corrected chi connectivity index (χ4v) is 4.35. The molecule has 0 radical (unpaired) electrons. The van der Waals surface area contributed by atoms with Gasteiger partial charge in [0.05, 0.1) is 11.3 Å². The molecule has 8 nitrogen and oxygen atoms in total. The number of nitrogen functional groups attached to an aromatic ring is 1. The fourth-order valence-electron chi connectivity index (χ4n) is 4.35. The molecule has 2 heterocycles. The van der Waals surface area contributed by atoms with Crippen molar-refractivity contribution in [3.63, 3.8) is 0 Å². The maximum atomic E-state index is 12.9. The fraction of sp³-hybridized carbons (Fsp3) is 0.167. The van der Waals surface area contributed by atoms with Crippen LogP contribution in [0.4, 0.5) is 11.4 Å². The van der Waals surface area contributed by atoms with Crippen LogP contribution in [0, 0.1) is 0 Å². The van der Waals surface area contributed by atoms with Crippen LogP contribution in [0.2, 0.25) is 0 Å². The normalized spacial score (nSPS) is 12.9. The standard InChI is InChI=1S/C30H29N5O3/c1-35-14-13-21-9-11-25(16-24(21)19-35)34-30(37)22-6-4-5-20(15-22)17-33-29(36)23-10-12-28(32-18-23)38-27-8-3-2-7-26(27)31/h2-12,15-16,18H,13-14,17,19,31H2,1H3,(H,33,36)(H,34,37). The molecule has 0 spiro atoms. The minimum absolute atomic E-state index is 0.193. The average molecular weight is 508 g/mol. The summed E-state index contributed by atoms with van der Waals surface area (Å²) in [6.07, 6.45) is 2.47. The molecule has 0 atom stereocenters. The topological polar surface area (TPSA) is 110 Å². The van der Waals surface area contributed by atoms with Gasteiger partial charge in [-0.25, -0.2) is 4.98 Å². The molecule has 5 rings (SSSR count). The van der Waals surface area contributed by atoms with Gasteiger partial charge in [-0.15, -0.1) is 0 Å². The Kier molecular flexibility index (Phi) is 7.33. The van der Waals surface area contributed by atoms with Crippen LogP contribution < -0.4 is 21.1 Å². The lowest BCUT2D eigenvalue weighted by atomic mass is 9.99. The number of anilines is 2. The molecule has 1 aliphatic rings. The van der Waals surface area contributed by atoms with E-state index in [0.717, 1.165) is 30.8 Å². The number of benzene rings is 3. The molecule has 3 aromatic carbocycles. The van der Waals surface area contributed by atoms with Crippen molar-refractivity contribution >= 4 is 23.2 Å². The number of hydrogen-bond donors (Lipinski definition) is 3. The van der Waals surface area contributed by atoms with E-state index in [1.807, 2.05) is 30.3 Å². The lowest BCUT2D eigenvalue weighted by molar-refractivity contribution is 0.0950. The molecule has 4 N–H and O–H groups in total. The monoisotopic (exact) mass is 507 g/mol. The first-order valence-electron chi connectivity index (χ1n) is 12.4. The molecule has 0 fully saturated rings.